The lowest BCUT2D eigenvalue weighted by Gasteiger charge is -2.10. The van der Waals surface area contributed by atoms with Gasteiger partial charge in [0.2, 0.25) is 0 Å². The van der Waals surface area contributed by atoms with Crippen LogP contribution >= 0.6 is 0 Å². The lowest BCUT2D eigenvalue weighted by atomic mass is 10.1. The molecule has 0 unspecified atom stereocenters. The van der Waals surface area contributed by atoms with E-state index in [2.05, 4.69) is 16.5 Å². The lowest BCUT2D eigenvalue weighted by Crippen LogP contribution is -2.26. The van der Waals surface area contributed by atoms with Gasteiger partial charge < -0.3 is 4.74 Å². The summed E-state index contributed by atoms with van der Waals surface area (Å²) in [6.45, 7) is 6.97. The Morgan fingerprint density at radius 2 is 2.25 bits per heavy atom. The van der Waals surface area contributed by atoms with Crippen molar-refractivity contribution in [3.8, 4) is 0 Å². The minimum atomic E-state index is -0.898. The molecule has 0 aromatic carbocycles. The maximum absolute atomic E-state index is 11.0. The zero-order valence-corrected chi connectivity index (χ0v) is 7.32. The van der Waals surface area contributed by atoms with Crippen LogP contribution < -0.4 is 0 Å². The molecule has 0 rings (SSSR count). The minimum absolute atomic E-state index is 0.123. The maximum atomic E-state index is 11.0. The zero-order valence-electron chi connectivity index (χ0n) is 7.32. The number of nitrogens with zero attached hydrogens (tertiary/aromatic N) is 1. The summed E-state index contributed by atoms with van der Waals surface area (Å²) < 4.78 is 4.65. The third kappa shape index (κ3) is 3.27. The van der Waals surface area contributed by atoms with Gasteiger partial charge in [-0.15, -0.1) is 4.91 Å². The van der Waals surface area contributed by atoms with Crippen LogP contribution in [0.2, 0.25) is 0 Å². The monoisotopic (exact) mass is 171 g/mol. The fraction of sp³-hybridized carbons (Fsp3) is 0.625. The van der Waals surface area contributed by atoms with Gasteiger partial charge in [0.1, 0.15) is 6.61 Å². The molecule has 0 aliphatic rings. The van der Waals surface area contributed by atoms with Crippen LogP contribution in [0.5, 0.6) is 0 Å². The summed E-state index contributed by atoms with van der Waals surface area (Å²) in [4.78, 5) is 21.2. The molecule has 0 aromatic rings. The average molecular weight is 171 g/mol. The van der Waals surface area contributed by atoms with Crippen LogP contribution in [-0.2, 0) is 9.53 Å². The molecule has 0 amide bonds. The molecule has 0 aliphatic heterocycles. The van der Waals surface area contributed by atoms with Crippen molar-refractivity contribution < 1.29 is 9.53 Å². The second-order valence-corrected chi connectivity index (χ2v) is 2.71. The second kappa shape index (κ2) is 5.46. The number of hydrogen-bond acceptors (Lipinski definition) is 4. The molecular formula is C8H13NO3. The summed E-state index contributed by atoms with van der Waals surface area (Å²) >= 11 is 0. The van der Waals surface area contributed by atoms with Gasteiger partial charge in [-0.25, -0.2) is 4.79 Å². The average Bonchev–Trinajstić information content (AvgIpc) is 2.01. The van der Waals surface area contributed by atoms with E-state index < -0.39 is 12.0 Å². The number of nitroso groups, excluding NO2 is 1. The fourth-order valence-corrected chi connectivity index (χ4v) is 0.663. The molecule has 0 aliphatic carbocycles. The topological polar surface area (TPSA) is 55.7 Å². The summed E-state index contributed by atoms with van der Waals surface area (Å²) in [5.74, 6) is -0.709. The number of carbonyl (C=O) groups excluding carboxylic acids is 1. The van der Waals surface area contributed by atoms with Crippen molar-refractivity contribution >= 4 is 5.97 Å². The highest BCUT2D eigenvalue weighted by atomic mass is 16.5. The number of rotatable bonds is 5. The first-order valence-electron chi connectivity index (χ1n) is 3.73. The number of ether oxygens (including phenoxy) is 1. The highest BCUT2D eigenvalue weighted by molar-refractivity contribution is 5.76. The maximum Gasteiger partial charge on any atom is 0.335 e. The minimum Gasteiger partial charge on any atom is -0.460 e. The number of esters is 1. The van der Waals surface area contributed by atoms with Crippen molar-refractivity contribution in [1.82, 2.24) is 0 Å². The first-order chi connectivity index (χ1) is 5.63. The standard InChI is InChI=1S/C8H13NO3/c1-4-5-12-8(10)7(9-11)6(2)3/h4,6-7H,1,5H2,2-3H3/t7-/m0/s1. The summed E-state index contributed by atoms with van der Waals surface area (Å²) in [6.07, 6.45) is 1.44. The molecule has 0 bridgehead atoms. The fourth-order valence-electron chi connectivity index (χ4n) is 0.663. The predicted octanol–water partition coefficient (Wildman–Crippen LogP) is 1.51. The van der Waals surface area contributed by atoms with E-state index in [1.54, 1.807) is 13.8 Å². The molecule has 68 valence electrons. The Hall–Kier alpha value is -1.19. The Balaban J connectivity index is 4.02. The first kappa shape index (κ1) is 10.8. The van der Waals surface area contributed by atoms with E-state index in [1.165, 1.54) is 6.08 Å². The Labute approximate surface area is 71.6 Å². The third-order valence-corrected chi connectivity index (χ3v) is 1.33. The molecule has 0 fully saturated rings. The molecule has 4 nitrogen and oxygen atoms in total. The summed E-state index contributed by atoms with van der Waals surface area (Å²) in [7, 11) is 0. The zero-order chi connectivity index (χ0) is 9.56. The van der Waals surface area contributed by atoms with Gasteiger partial charge in [0.15, 0.2) is 6.04 Å². The molecule has 0 radical (unpaired) electrons. The van der Waals surface area contributed by atoms with Gasteiger partial charge in [-0.05, 0) is 5.92 Å². The van der Waals surface area contributed by atoms with E-state index in [9.17, 15) is 9.70 Å². The van der Waals surface area contributed by atoms with Crippen LogP contribution in [0.25, 0.3) is 0 Å². The Morgan fingerprint density at radius 3 is 2.58 bits per heavy atom. The van der Waals surface area contributed by atoms with Crippen molar-refractivity contribution in [2.24, 2.45) is 11.1 Å². The van der Waals surface area contributed by atoms with Crippen LogP contribution in [0.1, 0.15) is 13.8 Å². The molecule has 12 heavy (non-hydrogen) atoms. The summed E-state index contributed by atoms with van der Waals surface area (Å²) in [5, 5.41) is 2.68. The smallest absolute Gasteiger partial charge is 0.335 e. The Bertz CT molecular complexity index is 177. The van der Waals surface area contributed by atoms with Gasteiger partial charge in [-0.1, -0.05) is 31.7 Å². The number of hydrogen-bond donors (Lipinski definition) is 0. The summed E-state index contributed by atoms with van der Waals surface area (Å²) in [6, 6.07) is -0.898. The molecule has 0 saturated heterocycles. The van der Waals surface area contributed by atoms with Crippen molar-refractivity contribution in [3.63, 3.8) is 0 Å². The van der Waals surface area contributed by atoms with Crippen LogP contribution in [-0.4, -0.2) is 18.6 Å². The van der Waals surface area contributed by atoms with Gasteiger partial charge in [0, 0.05) is 0 Å². The van der Waals surface area contributed by atoms with E-state index in [0.717, 1.165) is 0 Å². The Morgan fingerprint density at radius 1 is 1.67 bits per heavy atom. The van der Waals surface area contributed by atoms with Gasteiger partial charge >= 0.3 is 5.97 Å². The van der Waals surface area contributed by atoms with Crippen LogP contribution in [0.3, 0.4) is 0 Å². The molecule has 0 saturated carbocycles. The molecule has 0 N–H and O–H groups in total. The molecule has 0 spiro atoms. The van der Waals surface area contributed by atoms with Gasteiger partial charge in [-0.3, -0.25) is 0 Å². The lowest BCUT2D eigenvalue weighted by molar-refractivity contribution is -0.144. The Kier molecular flexibility index (Phi) is 4.92. The van der Waals surface area contributed by atoms with Crippen LogP contribution in [0, 0.1) is 10.8 Å². The molecule has 1 atom stereocenters. The second-order valence-electron chi connectivity index (χ2n) is 2.71. The molecular weight excluding hydrogens is 158 g/mol. The van der Waals surface area contributed by atoms with E-state index >= 15 is 0 Å². The van der Waals surface area contributed by atoms with E-state index in [1.807, 2.05) is 0 Å². The largest absolute Gasteiger partial charge is 0.460 e. The quantitative estimate of drug-likeness (QED) is 0.358. The van der Waals surface area contributed by atoms with Crippen molar-refractivity contribution in [2.45, 2.75) is 19.9 Å². The highest BCUT2D eigenvalue weighted by Crippen LogP contribution is 2.07. The van der Waals surface area contributed by atoms with Gasteiger partial charge in [-0.2, -0.15) is 0 Å². The van der Waals surface area contributed by atoms with E-state index in [-0.39, 0.29) is 12.5 Å². The van der Waals surface area contributed by atoms with Crippen molar-refractivity contribution in [1.29, 1.82) is 0 Å². The molecule has 0 aromatic heterocycles. The van der Waals surface area contributed by atoms with Crippen LogP contribution in [0.15, 0.2) is 17.8 Å². The van der Waals surface area contributed by atoms with Crippen LogP contribution in [0.4, 0.5) is 0 Å². The number of carbonyl (C=O) groups is 1. The predicted molar refractivity (Wildman–Crippen MR) is 45.6 cm³/mol. The molecule has 4 heteroatoms. The molecule has 0 heterocycles. The first-order valence-corrected chi connectivity index (χ1v) is 3.73. The van der Waals surface area contributed by atoms with Gasteiger partial charge in [0.25, 0.3) is 0 Å². The third-order valence-electron chi connectivity index (χ3n) is 1.33. The highest BCUT2D eigenvalue weighted by Gasteiger charge is 2.23. The SMILES string of the molecule is C=CCOC(=O)[C@@H](N=O)C(C)C. The summed E-state index contributed by atoms with van der Waals surface area (Å²) in [5.41, 5.74) is 0. The van der Waals surface area contributed by atoms with E-state index in [4.69, 9.17) is 0 Å². The van der Waals surface area contributed by atoms with Gasteiger partial charge in [0.05, 0.1) is 0 Å². The normalized spacial score (nSPS) is 12.2. The van der Waals surface area contributed by atoms with Crippen molar-refractivity contribution in [2.75, 3.05) is 6.61 Å². The van der Waals surface area contributed by atoms with E-state index in [0.29, 0.717) is 0 Å². The van der Waals surface area contributed by atoms with Crippen molar-refractivity contribution in [3.05, 3.63) is 17.6 Å².